The maximum Gasteiger partial charge on any atom is 0.137 e. The van der Waals surface area contributed by atoms with E-state index in [-0.39, 0.29) is 12.4 Å². The van der Waals surface area contributed by atoms with Gasteiger partial charge in [-0.05, 0) is 29.8 Å². The number of aromatic nitrogens is 2. The Balaban J connectivity index is 1.80. The maximum atomic E-state index is 13.3. The summed E-state index contributed by atoms with van der Waals surface area (Å²) in [5.41, 5.74) is 1.14. The van der Waals surface area contributed by atoms with Crippen molar-refractivity contribution < 1.29 is 19.0 Å². The minimum Gasteiger partial charge on any atom is -0.497 e. The van der Waals surface area contributed by atoms with Gasteiger partial charge in [0.25, 0.3) is 0 Å². The Hall–Kier alpha value is -2.93. The summed E-state index contributed by atoms with van der Waals surface area (Å²) in [6.07, 6.45) is 0.542. The third-order valence-corrected chi connectivity index (χ3v) is 3.82. The predicted octanol–water partition coefficient (Wildman–Crippen LogP) is 2.93. The molecule has 0 aliphatic carbocycles. The van der Waals surface area contributed by atoms with Crippen LogP contribution in [-0.2, 0) is 0 Å². The van der Waals surface area contributed by atoms with Gasteiger partial charge in [-0.25, -0.2) is 14.4 Å². The molecule has 0 saturated heterocycles. The molecule has 1 heterocycles. The molecule has 2 aromatic carbocycles. The van der Waals surface area contributed by atoms with E-state index >= 15 is 0 Å². The van der Waals surface area contributed by atoms with Gasteiger partial charge in [0.05, 0.1) is 25.8 Å². The minimum absolute atomic E-state index is 0.208. The lowest BCUT2D eigenvalue weighted by atomic mass is 10.1. The largest absolute Gasteiger partial charge is 0.497 e. The normalized spacial score (nSPS) is 12.0. The highest BCUT2D eigenvalue weighted by Gasteiger charge is 2.12. The van der Waals surface area contributed by atoms with Gasteiger partial charge in [0.2, 0.25) is 0 Å². The van der Waals surface area contributed by atoms with Crippen molar-refractivity contribution >= 4 is 16.7 Å². The number of hydrogen-bond donors (Lipinski definition) is 2. The monoisotopic (exact) mass is 343 g/mol. The maximum absolute atomic E-state index is 13.3. The summed E-state index contributed by atoms with van der Waals surface area (Å²) >= 11 is 0. The van der Waals surface area contributed by atoms with Gasteiger partial charge in [-0.1, -0.05) is 0 Å². The van der Waals surface area contributed by atoms with Crippen LogP contribution in [-0.4, -0.2) is 35.8 Å². The molecule has 0 amide bonds. The van der Waals surface area contributed by atoms with E-state index in [0.717, 1.165) is 0 Å². The molecule has 1 aromatic heterocycles. The predicted molar refractivity (Wildman–Crippen MR) is 92.5 cm³/mol. The molecule has 2 N–H and O–H groups in total. The average molecular weight is 343 g/mol. The van der Waals surface area contributed by atoms with Crippen LogP contribution in [0.2, 0.25) is 0 Å². The Labute approximate surface area is 144 Å². The Bertz CT molecular complexity index is 866. The van der Waals surface area contributed by atoms with Crippen molar-refractivity contribution in [2.45, 2.75) is 6.10 Å². The number of nitrogens with one attached hydrogen (secondary N) is 1. The lowest BCUT2D eigenvalue weighted by Crippen LogP contribution is -2.13. The zero-order valence-electron chi connectivity index (χ0n) is 13.9. The van der Waals surface area contributed by atoms with Crippen LogP contribution < -0.4 is 14.8 Å². The number of fused-ring (bicyclic) bond motifs is 1. The highest BCUT2D eigenvalue weighted by molar-refractivity contribution is 5.88. The molecule has 1 atom stereocenters. The number of methoxy groups -OCH3 is 2. The van der Waals surface area contributed by atoms with Crippen molar-refractivity contribution in [2.24, 2.45) is 0 Å². The first-order valence-corrected chi connectivity index (χ1v) is 7.66. The van der Waals surface area contributed by atoms with Gasteiger partial charge >= 0.3 is 0 Å². The summed E-state index contributed by atoms with van der Waals surface area (Å²) in [6.45, 7) is 0.208. The number of rotatable bonds is 6. The second-order valence-electron chi connectivity index (χ2n) is 5.43. The van der Waals surface area contributed by atoms with Crippen molar-refractivity contribution in [3.8, 4) is 11.5 Å². The molecule has 3 aromatic rings. The third kappa shape index (κ3) is 3.77. The minimum atomic E-state index is -0.811. The number of halogens is 1. The van der Waals surface area contributed by atoms with E-state index < -0.39 is 6.10 Å². The van der Waals surface area contributed by atoms with E-state index in [0.29, 0.717) is 33.8 Å². The van der Waals surface area contributed by atoms with Crippen LogP contribution in [0, 0.1) is 5.82 Å². The number of aliphatic hydroxyl groups is 1. The molecule has 0 spiro atoms. The first-order valence-electron chi connectivity index (χ1n) is 7.66. The Morgan fingerprint density at radius 2 is 1.80 bits per heavy atom. The summed E-state index contributed by atoms with van der Waals surface area (Å²) in [4.78, 5) is 8.21. The lowest BCUT2D eigenvalue weighted by molar-refractivity contribution is 0.190. The van der Waals surface area contributed by atoms with Crippen LogP contribution in [0.25, 0.3) is 10.9 Å². The fraction of sp³-hybridized carbons (Fsp3) is 0.222. The van der Waals surface area contributed by atoms with Crippen LogP contribution in [0.3, 0.4) is 0 Å². The van der Waals surface area contributed by atoms with Crippen LogP contribution in [0.15, 0.2) is 42.7 Å². The van der Waals surface area contributed by atoms with Gasteiger partial charge in [0.1, 0.15) is 29.5 Å². The van der Waals surface area contributed by atoms with Crippen LogP contribution >= 0.6 is 0 Å². The van der Waals surface area contributed by atoms with Crippen LogP contribution in [0.1, 0.15) is 11.7 Å². The highest BCUT2D eigenvalue weighted by Crippen LogP contribution is 2.27. The summed E-state index contributed by atoms with van der Waals surface area (Å²) in [7, 11) is 3.10. The standard InChI is InChI=1S/C18H18FN3O3/c1-24-13-5-11(6-14(8-13)25-2)17(23)9-20-18-15-4-3-12(19)7-16(15)21-10-22-18/h3-8,10,17,23H,9H2,1-2H3,(H,20,21,22). The second-order valence-corrected chi connectivity index (χ2v) is 5.43. The molecule has 0 saturated carbocycles. The van der Waals surface area contributed by atoms with Gasteiger partial charge in [-0.2, -0.15) is 0 Å². The van der Waals surface area contributed by atoms with Gasteiger partial charge in [0.15, 0.2) is 0 Å². The zero-order valence-corrected chi connectivity index (χ0v) is 13.9. The Morgan fingerprint density at radius 3 is 2.48 bits per heavy atom. The summed E-state index contributed by atoms with van der Waals surface area (Å²) in [6, 6.07) is 9.50. The molecule has 0 aliphatic heterocycles. The molecule has 3 rings (SSSR count). The molecule has 1 unspecified atom stereocenters. The van der Waals surface area contributed by atoms with Gasteiger partial charge in [-0.3, -0.25) is 0 Å². The molecular formula is C18H18FN3O3. The average Bonchev–Trinajstić information content (AvgIpc) is 2.65. The number of aliphatic hydroxyl groups excluding tert-OH is 1. The molecule has 130 valence electrons. The van der Waals surface area contributed by atoms with E-state index in [2.05, 4.69) is 15.3 Å². The molecular weight excluding hydrogens is 325 g/mol. The lowest BCUT2D eigenvalue weighted by Gasteiger charge is -2.15. The van der Waals surface area contributed by atoms with Gasteiger partial charge in [-0.15, -0.1) is 0 Å². The van der Waals surface area contributed by atoms with Crippen molar-refractivity contribution in [3.63, 3.8) is 0 Å². The van der Waals surface area contributed by atoms with E-state index in [4.69, 9.17) is 9.47 Å². The van der Waals surface area contributed by atoms with E-state index in [9.17, 15) is 9.50 Å². The van der Waals surface area contributed by atoms with Crippen molar-refractivity contribution in [1.82, 2.24) is 9.97 Å². The summed E-state index contributed by atoms with van der Waals surface area (Å²) in [5, 5.41) is 14.2. The number of ether oxygens (including phenoxy) is 2. The number of nitrogens with zero attached hydrogens (tertiary/aromatic N) is 2. The first-order chi connectivity index (χ1) is 12.1. The Kier molecular flexibility index (Phi) is 4.95. The highest BCUT2D eigenvalue weighted by atomic mass is 19.1. The van der Waals surface area contributed by atoms with Crippen molar-refractivity contribution in [2.75, 3.05) is 26.1 Å². The van der Waals surface area contributed by atoms with Crippen molar-refractivity contribution in [3.05, 3.63) is 54.1 Å². The number of anilines is 1. The molecule has 25 heavy (non-hydrogen) atoms. The molecule has 0 aliphatic rings. The Morgan fingerprint density at radius 1 is 1.08 bits per heavy atom. The first kappa shape index (κ1) is 16.9. The SMILES string of the molecule is COc1cc(OC)cc(C(O)CNc2ncnc3cc(F)ccc23)c1. The number of benzene rings is 2. The van der Waals surface area contributed by atoms with E-state index in [1.54, 1.807) is 38.5 Å². The topological polar surface area (TPSA) is 76.5 Å². The fourth-order valence-corrected chi connectivity index (χ4v) is 2.50. The quantitative estimate of drug-likeness (QED) is 0.717. The second kappa shape index (κ2) is 7.31. The molecule has 0 fully saturated rings. The van der Waals surface area contributed by atoms with Gasteiger partial charge < -0.3 is 19.9 Å². The van der Waals surface area contributed by atoms with Crippen LogP contribution in [0.4, 0.5) is 10.2 Å². The summed E-state index contributed by atoms with van der Waals surface area (Å²) < 4.78 is 23.7. The third-order valence-electron chi connectivity index (χ3n) is 3.82. The number of hydrogen-bond acceptors (Lipinski definition) is 6. The molecule has 0 bridgehead atoms. The molecule has 6 nitrogen and oxygen atoms in total. The molecule has 0 radical (unpaired) electrons. The van der Waals surface area contributed by atoms with Crippen LogP contribution in [0.5, 0.6) is 11.5 Å². The van der Waals surface area contributed by atoms with Gasteiger partial charge in [0, 0.05) is 24.1 Å². The zero-order chi connectivity index (χ0) is 17.8. The van der Waals surface area contributed by atoms with E-state index in [1.165, 1.54) is 18.5 Å². The smallest absolute Gasteiger partial charge is 0.137 e. The summed E-state index contributed by atoms with van der Waals surface area (Å²) in [5.74, 6) is 1.35. The van der Waals surface area contributed by atoms with Crippen molar-refractivity contribution in [1.29, 1.82) is 0 Å². The fourth-order valence-electron chi connectivity index (χ4n) is 2.50. The van der Waals surface area contributed by atoms with E-state index in [1.807, 2.05) is 0 Å². The molecule has 7 heteroatoms.